The molecule has 0 aromatic rings. The molecular weight excluding hydrogens is 322 g/mol. The molecule has 0 amide bonds. The van der Waals surface area contributed by atoms with Gasteiger partial charge in [0.15, 0.2) is 0 Å². The SMILES string of the molecule is BBBCC.[Cl][Pt][Cl]. The Kier molecular flexibility index (Phi) is 24.0. The van der Waals surface area contributed by atoms with E-state index in [1.807, 2.05) is 0 Å². The summed E-state index contributed by atoms with van der Waals surface area (Å²) < 4.78 is 0. The van der Waals surface area contributed by atoms with Gasteiger partial charge in [-0.05, 0) is 0 Å². The monoisotopic (exact) mass is 331 g/mol. The molecule has 0 nitrogen and oxygen atoms in total. The first-order chi connectivity index (χ1) is 3.83. The Morgan fingerprint density at radius 1 is 1.62 bits per heavy atom. The molecule has 0 radical (unpaired) electrons. The van der Waals surface area contributed by atoms with E-state index in [0.717, 1.165) is 0 Å². The molecule has 0 aromatic heterocycles. The van der Waals surface area contributed by atoms with E-state index in [1.165, 1.54) is 20.6 Å². The third-order valence-corrected chi connectivity index (χ3v) is 0.707. The first-order valence-corrected chi connectivity index (χ1v) is 8.28. The molecule has 0 bridgehead atoms. The first kappa shape index (κ1) is 12.2. The molecular formula is C2H9B3Cl2Pt. The zero-order valence-corrected chi connectivity index (χ0v) is 8.98. The summed E-state index contributed by atoms with van der Waals surface area (Å²) in [6.45, 7) is 2.21. The predicted octanol–water partition coefficient (Wildman–Crippen LogP) is 0.137. The van der Waals surface area contributed by atoms with E-state index in [9.17, 15) is 0 Å². The van der Waals surface area contributed by atoms with Gasteiger partial charge in [0, 0.05) is 0 Å². The zero-order chi connectivity index (χ0) is 6.83. The fourth-order valence-corrected chi connectivity index (χ4v) is 0.354. The van der Waals surface area contributed by atoms with Gasteiger partial charge in [0.05, 0.1) is 22.0 Å². The van der Waals surface area contributed by atoms with Crippen molar-refractivity contribution in [2.24, 2.45) is 0 Å². The number of hydrogen-bond acceptors (Lipinski definition) is 0. The zero-order valence-electron chi connectivity index (χ0n) is 5.19. The average molecular weight is 332 g/mol. The second-order valence-electron chi connectivity index (χ2n) is 1.40. The summed E-state index contributed by atoms with van der Waals surface area (Å²) in [5.41, 5.74) is 0. The molecule has 0 N–H and O–H groups in total. The fourth-order valence-electron chi connectivity index (χ4n) is 0.354. The van der Waals surface area contributed by atoms with Crippen LogP contribution in [0.5, 0.6) is 0 Å². The maximum absolute atomic E-state index is 4.88. The number of hydrogen-bond donors (Lipinski definition) is 0. The summed E-state index contributed by atoms with van der Waals surface area (Å²) in [5, 5.41) is 0. The Morgan fingerprint density at radius 3 is 2.00 bits per heavy atom. The van der Waals surface area contributed by atoms with Gasteiger partial charge in [0.1, 0.15) is 0 Å². The summed E-state index contributed by atoms with van der Waals surface area (Å²) in [5.74, 6) is 0. The Morgan fingerprint density at radius 2 is 2.00 bits per heavy atom. The van der Waals surface area contributed by atoms with Crippen molar-refractivity contribution >= 4 is 40.8 Å². The minimum absolute atomic E-state index is 0.472. The van der Waals surface area contributed by atoms with Crippen LogP contribution >= 0.6 is 18.8 Å². The standard InChI is InChI=1S/C2H9B3.2ClH.Pt/c1-2-4-5-3;;;/h4-5H,2-3H2,1H3;2*1H;/q;;;+2/p-2. The van der Waals surface area contributed by atoms with Crippen LogP contribution in [0.25, 0.3) is 0 Å². The van der Waals surface area contributed by atoms with E-state index in [0.29, 0.717) is 0 Å². The second kappa shape index (κ2) is 15.8. The van der Waals surface area contributed by atoms with E-state index < -0.39 is 16.5 Å². The second-order valence-corrected chi connectivity index (χ2v) is 4.68. The Labute approximate surface area is 70.3 Å². The van der Waals surface area contributed by atoms with Gasteiger partial charge in [-0.3, -0.25) is 0 Å². The Bertz CT molecular complexity index is 29.2. The topological polar surface area (TPSA) is 0 Å². The van der Waals surface area contributed by atoms with Gasteiger partial charge in [0.25, 0.3) is 0 Å². The van der Waals surface area contributed by atoms with Gasteiger partial charge in [-0.1, -0.05) is 13.2 Å². The molecule has 0 fully saturated rings. The summed E-state index contributed by atoms with van der Waals surface area (Å²) >= 11 is -0.472. The minimum atomic E-state index is -0.472. The van der Waals surface area contributed by atoms with Crippen molar-refractivity contribution in [2.75, 3.05) is 0 Å². The van der Waals surface area contributed by atoms with Crippen molar-refractivity contribution in [1.82, 2.24) is 0 Å². The average Bonchev–Trinajstić information content (AvgIpc) is 1.71. The molecule has 0 heterocycles. The van der Waals surface area contributed by atoms with Crippen LogP contribution in [0.4, 0.5) is 0 Å². The summed E-state index contributed by atoms with van der Waals surface area (Å²) in [6, 6.07) is 0. The van der Waals surface area contributed by atoms with Crippen molar-refractivity contribution in [3.05, 3.63) is 0 Å². The summed E-state index contributed by atoms with van der Waals surface area (Å²) in [4.78, 5) is 0. The van der Waals surface area contributed by atoms with Crippen molar-refractivity contribution in [1.29, 1.82) is 0 Å². The quantitative estimate of drug-likeness (QED) is 0.632. The molecule has 0 saturated carbocycles. The predicted molar refractivity (Wildman–Crippen MR) is 45.0 cm³/mol. The van der Waals surface area contributed by atoms with Crippen LogP contribution in [0.1, 0.15) is 6.92 Å². The van der Waals surface area contributed by atoms with Gasteiger partial charge in [-0.2, -0.15) is 0 Å². The first-order valence-electron chi connectivity index (χ1n) is 2.65. The van der Waals surface area contributed by atoms with Gasteiger partial charge in [0.2, 0.25) is 0 Å². The van der Waals surface area contributed by atoms with E-state index in [-0.39, 0.29) is 0 Å². The van der Waals surface area contributed by atoms with Crippen molar-refractivity contribution < 1.29 is 16.5 Å². The van der Waals surface area contributed by atoms with Crippen LogP contribution in [0.15, 0.2) is 0 Å². The molecule has 0 rings (SSSR count). The number of rotatable bonds is 2. The van der Waals surface area contributed by atoms with Crippen LogP contribution in [-0.4, -0.2) is 22.0 Å². The van der Waals surface area contributed by atoms with Crippen LogP contribution in [0, 0.1) is 0 Å². The molecule has 0 aliphatic heterocycles. The molecule has 0 aliphatic rings. The van der Waals surface area contributed by atoms with Crippen molar-refractivity contribution in [3.63, 3.8) is 0 Å². The van der Waals surface area contributed by atoms with Crippen molar-refractivity contribution in [3.8, 4) is 0 Å². The van der Waals surface area contributed by atoms with E-state index in [2.05, 4.69) is 14.7 Å². The van der Waals surface area contributed by atoms with Gasteiger partial charge < -0.3 is 0 Å². The molecule has 0 saturated heterocycles. The van der Waals surface area contributed by atoms with Crippen LogP contribution < -0.4 is 0 Å². The number of halogens is 2. The molecule has 0 atom stereocenters. The summed E-state index contributed by atoms with van der Waals surface area (Å²) in [7, 11) is 14.7. The van der Waals surface area contributed by atoms with Crippen LogP contribution in [-0.2, 0) is 16.5 Å². The van der Waals surface area contributed by atoms with Gasteiger partial charge >= 0.3 is 35.3 Å². The van der Waals surface area contributed by atoms with Crippen LogP contribution in [0.2, 0.25) is 6.32 Å². The van der Waals surface area contributed by atoms with E-state index >= 15 is 0 Å². The molecule has 6 heteroatoms. The van der Waals surface area contributed by atoms with E-state index in [4.69, 9.17) is 18.8 Å². The fraction of sp³-hybridized carbons (Fsp3) is 1.00. The van der Waals surface area contributed by atoms with Gasteiger partial charge in [-0.15, -0.1) is 0 Å². The molecule has 0 aliphatic carbocycles. The molecule has 0 spiro atoms. The molecule has 8 heavy (non-hydrogen) atoms. The normalized spacial score (nSPS) is 6.88. The van der Waals surface area contributed by atoms with Crippen LogP contribution in [0.3, 0.4) is 0 Å². The third-order valence-electron chi connectivity index (χ3n) is 0.707. The molecule has 0 unspecified atom stereocenters. The third kappa shape index (κ3) is 26.0. The Balaban J connectivity index is 0. The van der Waals surface area contributed by atoms with Crippen molar-refractivity contribution in [2.45, 2.75) is 13.2 Å². The summed E-state index contributed by atoms with van der Waals surface area (Å²) in [6.07, 6.45) is 1.34. The Hall–Kier alpha value is 1.46. The maximum atomic E-state index is 4.88. The molecule has 50 valence electrons. The molecule has 0 aromatic carbocycles. The van der Waals surface area contributed by atoms with E-state index in [1.54, 1.807) is 0 Å². The van der Waals surface area contributed by atoms with Gasteiger partial charge in [-0.25, -0.2) is 0 Å².